The van der Waals surface area contributed by atoms with Crippen LogP contribution in [0.4, 0.5) is 0 Å². The molecule has 0 heterocycles. The van der Waals surface area contributed by atoms with E-state index in [1.165, 1.54) is 22.3 Å². The van der Waals surface area contributed by atoms with Crippen molar-refractivity contribution in [3.05, 3.63) is 70.8 Å². The summed E-state index contributed by atoms with van der Waals surface area (Å²) in [5, 5.41) is 0. The van der Waals surface area contributed by atoms with E-state index < -0.39 is 0 Å². The van der Waals surface area contributed by atoms with Crippen LogP contribution >= 0.6 is 0 Å². The average Bonchev–Trinajstić information content (AvgIpc) is 2.78. The summed E-state index contributed by atoms with van der Waals surface area (Å²) in [7, 11) is 0. The van der Waals surface area contributed by atoms with E-state index >= 15 is 0 Å². The number of allylic oxidation sites excluding steroid dienone is 6. The van der Waals surface area contributed by atoms with E-state index in [1.54, 1.807) is 0 Å². The lowest BCUT2D eigenvalue weighted by molar-refractivity contribution is 1.03. The van der Waals surface area contributed by atoms with Gasteiger partial charge in [0.1, 0.15) is 0 Å². The first-order valence-electron chi connectivity index (χ1n) is 5.01. The predicted octanol–water partition coefficient (Wildman–Crippen LogP) is 3.51. The quantitative estimate of drug-likeness (QED) is 0.620. The van der Waals surface area contributed by atoms with Crippen LogP contribution in [0.1, 0.15) is 17.0 Å². The molecule has 0 unspecified atom stereocenters. The van der Waals surface area contributed by atoms with Crippen molar-refractivity contribution in [2.24, 2.45) is 0 Å². The molecule has 3 rings (SSSR count). The van der Waals surface area contributed by atoms with Crippen LogP contribution in [0, 0.1) is 6.92 Å². The van der Waals surface area contributed by atoms with E-state index in [-0.39, 0.29) is 0 Å². The topological polar surface area (TPSA) is 0 Å². The Balaban J connectivity index is 2.03. The minimum Gasteiger partial charge on any atom is -0.0590 e. The van der Waals surface area contributed by atoms with E-state index in [0.29, 0.717) is 5.92 Å². The highest BCUT2D eigenvalue weighted by molar-refractivity contribution is 5.60. The summed E-state index contributed by atoms with van der Waals surface area (Å²) >= 11 is 0. The van der Waals surface area contributed by atoms with Gasteiger partial charge in [-0.1, -0.05) is 54.1 Å². The summed E-state index contributed by atoms with van der Waals surface area (Å²) in [4.78, 5) is 0. The Labute approximate surface area is 84.3 Å². The number of rotatable bonds is 1. The summed E-state index contributed by atoms with van der Waals surface area (Å²) in [6.07, 6.45) is 8.89. The second-order valence-corrected chi connectivity index (χ2v) is 4.01. The normalized spacial score (nSPS) is 18.6. The Morgan fingerprint density at radius 1 is 0.857 bits per heavy atom. The second-order valence-electron chi connectivity index (χ2n) is 4.01. The Morgan fingerprint density at radius 3 is 1.93 bits per heavy atom. The Bertz CT molecular complexity index is 433. The maximum Gasteiger partial charge on any atom is 0.0339 e. The Kier molecular flexibility index (Phi) is 1.51. The van der Waals surface area contributed by atoms with Crippen molar-refractivity contribution in [3.63, 3.8) is 0 Å². The average molecular weight is 180 g/mol. The first-order chi connectivity index (χ1) is 6.84. The number of fused-ring (bicyclic) bond motifs is 2. The van der Waals surface area contributed by atoms with E-state index in [1.807, 2.05) is 0 Å². The van der Waals surface area contributed by atoms with Crippen molar-refractivity contribution in [2.75, 3.05) is 0 Å². The van der Waals surface area contributed by atoms with E-state index in [2.05, 4.69) is 55.5 Å². The highest BCUT2D eigenvalue weighted by Gasteiger charge is 2.25. The van der Waals surface area contributed by atoms with Gasteiger partial charge in [-0.05, 0) is 23.6 Å². The van der Waals surface area contributed by atoms with Gasteiger partial charge >= 0.3 is 0 Å². The molecule has 2 aliphatic carbocycles. The molecule has 1 aromatic carbocycles. The molecular weight excluding hydrogens is 168 g/mol. The van der Waals surface area contributed by atoms with Crippen LogP contribution in [0.5, 0.6) is 0 Å². The monoisotopic (exact) mass is 180 g/mol. The third-order valence-electron chi connectivity index (χ3n) is 3.01. The lowest BCUT2D eigenvalue weighted by Gasteiger charge is -2.11. The highest BCUT2D eigenvalue weighted by Crippen LogP contribution is 2.42. The number of hydrogen-bond donors (Lipinski definition) is 0. The molecule has 14 heavy (non-hydrogen) atoms. The second kappa shape index (κ2) is 2.71. The molecule has 0 radical (unpaired) electrons. The molecule has 68 valence electrons. The molecule has 0 saturated carbocycles. The molecule has 0 amide bonds. The summed E-state index contributed by atoms with van der Waals surface area (Å²) < 4.78 is 0. The molecule has 0 saturated heterocycles. The van der Waals surface area contributed by atoms with E-state index in [4.69, 9.17) is 0 Å². The standard InChI is InChI=1S/C14H12/c1-10-2-4-11(5-3-10)14-12-6-7-13(14)9-8-12/h2-9,14H,1H3. The molecular formula is C14H12. The molecule has 2 bridgehead atoms. The Morgan fingerprint density at radius 2 is 1.43 bits per heavy atom. The van der Waals surface area contributed by atoms with Crippen LogP contribution < -0.4 is 0 Å². The minimum absolute atomic E-state index is 0.524. The predicted molar refractivity (Wildman–Crippen MR) is 59.2 cm³/mol. The fraction of sp³-hybridized carbons (Fsp3) is 0.143. The minimum atomic E-state index is 0.524. The molecule has 1 aromatic rings. The summed E-state index contributed by atoms with van der Waals surface area (Å²) in [6.45, 7) is 2.13. The molecule has 0 aliphatic heterocycles. The maximum absolute atomic E-state index is 2.24. The van der Waals surface area contributed by atoms with Gasteiger partial charge in [0, 0.05) is 5.92 Å². The zero-order chi connectivity index (χ0) is 9.54. The van der Waals surface area contributed by atoms with Crippen LogP contribution in [-0.4, -0.2) is 0 Å². The molecule has 0 spiro atoms. The molecule has 0 heteroatoms. The lowest BCUT2D eigenvalue weighted by atomic mass is 9.92. The largest absolute Gasteiger partial charge is 0.0590 e. The van der Waals surface area contributed by atoms with Crippen LogP contribution in [0.3, 0.4) is 0 Å². The SMILES string of the molecule is Cc1ccc(C2C3=CC=C2C=C3)cc1. The van der Waals surface area contributed by atoms with Crippen molar-refractivity contribution >= 4 is 0 Å². The maximum atomic E-state index is 2.24. The van der Waals surface area contributed by atoms with Crippen molar-refractivity contribution in [3.8, 4) is 0 Å². The van der Waals surface area contributed by atoms with Gasteiger partial charge in [0.15, 0.2) is 0 Å². The first kappa shape index (κ1) is 7.81. The molecule has 0 atom stereocenters. The number of hydrogen-bond acceptors (Lipinski definition) is 0. The first-order valence-corrected chi connectivity index (χ1v) is 5.01. The van der Waals surface area contributed by atoms with Crippen molar-refractivity contribution in [2.45, 2.75) is 12.8 Å². The van der Waals surface area contributed by atoms with Crippen LogP contribution in [0.15, 0.2) is 59.7 Å². The number of aryl methyl sites for hydroxylation is 1. The van der Waals surface area contributed by atoms with Crippen LogP contribution in [-0.2, 0) is 0 Å². The van der Waals surface area contributed by atoms with E-state index in [9.17, 15) is 0 Å². The molecule has 0 nitrogen and oxygen atoms in total. The summed E-state index contributed by atoms with van der Waals surface area (Å²) in [6, 6.07) is 8.85. The zero-order valence-electron chi connectivity index (χ0n) is 8.20. The zero-order valence-corrected chi connectivity index (χ0v) is 8.20. The fourth-order valence-electron chi connectivity index (χ4n) is 2.22. The van der Waals surface area contributed by atoms with Gasteiger partial charge in [-0.2, -0.15) is 0 Å². The highest BCUT2D eigenvalue weighted by atomic mass is 14.3. The van der Waals surface area contributed by atoms with Gasteiger partial charge in [-0.25, -0.2) is 0 Å². The third kappa shape index (κ3) is 1.00. The smallest absolute Gasteiger partial charge is 0.0339 e. The molecule has 0 N–H and O–H groups in total. The third-order valence-corrected chi connectivity index (χ3v) is 3.01. The van der Waals surface area contributed by atoms with Crippen molar-refractivity contribution in [1.82, 2.24) is 0 Å². The van der Waals surface area contributed by atoms with Crippen LogP contribution in [0.25, 0.3) is 0 Å². The van der Waals surface area contributed by atoms with Gasteiger partial charge in [0.25, 0.3) is 0 Å². The fourth-order valence-corrected chi connectivity index (χ4v) is 2.22. The van der Waals surface area contributed by atoms with Gasteiger partial charge in [0.2, 0.25) is 0 Å². The van der Waals surface area contributed by atoms with Crippen LogP contribution in [0.2, 0.25) is 0 Å². The lowest BCUT2D eigenvalue weighted by Crippen LogP contribution is -1.95. The summed E-state index contributed by atoms with van der Waals surface area (Å²) in [5.74, 6) is 0.524. The summed E-state index contributed by atoms with van der Waals surface area (Å²) in [5.41, 5.74) is 5.61. The van der Waals surface area contributed by atoms with Gasteiger partial charge in [0.05, 0.1) is 0 Å². The van der Waals surface area contributed by atoms with Gasteiger partial charge in [-0.15, -0.1) is 0 Å². The molecule has 2 aliphatic rings. The van der Waals surface area contributed by atoms with E-state index in [0.717, 1.165) is 0 Å². The van der Waals surface area contributed by atoms with Gasteiger partial charge < -0.3 is 0 Å². The number of benzene rings is 1. The molecule has 0 fully saturated rings. The Hall–Kier alpha value is -1.56. The van der Waals surface area contributed by atoms with Gasteiger partial charge in [-0.3, -0.25) is 0 Å². The van der Waals surface area contributed by atoms with Crippen molar-refractivity contribution < 1.29 is 0 Å². The van der Waals surface area contributed by atoms with Crippen molar-refractivity contribution in [1.29, 1.82) is 0 Å². The molecule has 0 aromatic heterocycles.